The molecule has 0 amide bonds. The van der Waals surface area contributed by atoms with Crippen LogP contribution >= 0.6 is 0 Å². The molecule has 0 aliphatic heterocycles. The molecule has 0 aromatic carbocycles. The van der Waals surface area contributed by atoms with Gasteiger partial charge >= 0.3 is 0 Å². The molecule has 0 saturated heterocycles. The number of aromatic nitrogens is 5. The smallest absolute Gasteiger partial charge is 0.279 e. The molecule has 0 radical (unpaired) electrons. The van der Waals surface area contributed by atoms with Crippen molar-refractivity contribution < 1.29 is 14.0 Å². The molecule has 3 aromatic heterocycles. The highest BCUT2D eigenvalue weighted by molar-refractivity contribution is 5.10. The van der Waals surface area contributed by atoms with Crippen LogP contribution in [0.5, 0.6) is 5.75 Å². The van der Waals surface area contributed by atoms with Crippen LogP contribution in [0.3, 0.4) is 0 Å². The first kappa shape index (κ1) is 20.2. The molecular formula is C11H17N5O5. The fourth-order valence-electron chi connectivity index (χ4n) is 0.699. The Morgan fingerprint density at radius 2 is 1.90 bits per heavy atom. The van der Waals surface area contributed by atoms with E-state index in [4.69, 9.17) is 5.11 Å². The van der Waals surface area contributed by atoms with Crippen molar-refractivity contribution in [3.8, 4) is 5.75 Å². The van der Waals surface area contributed by atoms with Crippen LogP contribution in [0, 0.1) is 0 Å². The van der Waals surface area contributed by atoms with Crippen molar-refractivity contribution in [3.63, 3.8) is 0 Å². The summed E-state index contributed by atoms with van der Waals surface area (Å²) < 4.78 is 8.72. The summed E-state index contributed by atoms with van der Waals surface area (Å²) >= 11 is 0. The fraction of sp³-hybridized carbons (Fsp3) is 0.182. The van der Waals surface area contributed by atoms with Crippen LogP contribution in [0.2, 0.25) is 0 Å². The van der Waals surface area contributed by atoms with Crippen molar-refractivity contribution in [3.05, 3.63) is 57.8 Å². The number of tetrazole rings is 1. The Bertz CT molecular complexity index is 624. The van der Waals surface area contributed by atoms with Crippen LogP contribution in [-0.2, 0) is 0 Å². The van der Waals surface area contributed by atoms with Crippen molar-refractivity contribution >= 4 is 0 Å². The van der Waals surface area contributed by atoms with E-state index in [9.17, 15) is 9.59 Å². The van der Waals surface area contributed by atoms with E-state index in [2.05, 4.69) is 34.7 Å². The summed E-state index contributed by atoms with van der Waals surface area (Å²) in [5.41, 5.74) is -0.619. The molecule has 0 unspecified atom stereocenters. The number of aromatic amines is 2. The van der Waals surface area contributed by atoms with Gasteiger partial charge in [0.05, 0.1) is 6.26 Å². The molecule has 0 fully saturated rings. The lowest BCUT2D eigenvalue weighted by atomic mass is 10.5. The number of nitrogens with one attached hydrogen (secondary N) is 2. The Balaban J connectivity index is 0. The molecule has 116 valence electrons. The first-order valence-corrected chi connectivity index (χ1v) is 4.74. The van der Waals surface area contributed by atoms with E-state index in [0.29, 0.717) is 0 Å². The zero-order valence-electron chi connectivity index (χ0n) is 9.39. The summed E-state index contributed by atoms with van der Waals surface area (Å²) in [5, 5.41) is 22.7. The summed E-state index contributed by atoms with van der Waals surface area (Å²) in [5.74, 6) is -0.354. The van der Waals surface area contributed by atoms with E-state index in [-0.39, 0.29) is 26.2 Å². The summed E-state index contributed by atoms with van der Waals surface area (Å²) in [6.45, 7) is 0. The number of hydrogen-bond donors (Lipinski definition) is 3. The summed E-state index contributed by atoms with van der Waals surface area (Å²) in [4.78, 5) is 20.2. The van der Waals surface area contributed by atoms with Gasteiger partial charge < -0.3 is 14.0 Å². The third-order valence-electron chi connectivity index (χ3n) is 1.45. The van der Waals surface area contributed by atoms with Gasteiger partial charge in [0.2, 0.25) is 5.43 Å². The third kappa shape index (κ3) is 9.41. The molecule has 21 heavy (non-hydrogen) atoms. The second kappa shape index (κ2) is 11.9. The molecular weight excluding hydrogens is 282 g/mol. The lowest BCUT2D eigenvalue weighted by Crippen LogP contribution is -1.93. The van der Waals surface area contributed by atoms with Gasteiger partial charge in [0, 0.05) is 12.1 Å². The van der Waals surface area contributed by atoms with Crippen molar-refractivity contribution in [2.75, 3.05) is 0 Å². The first-order chi connectivity index (χ1) is 9.20. The topological polar surface area (TPSA) is 151 Å². The average Bonchev–Trinajstić information content (AvgIpc) is 3.09. The quantitative estimate of drug-likeness (QED) is 0.551. The number of nitrogens with zero attached hydrogens (tertiary/aromatic N) is 3. The van der Waals surface area contributed by atoms with Gasteiger partial charge in [0.25, 0.3) is 5.56 Å². The highest BCUT2D eigenvalue weighted by Gasteiger charge is 1.89. The van der Waals surface area contributed by atoms with Gasteiger partial charge in [-0.15, -0.1) is 10.2 Å². The van der Waals surface area contributed by atoms with Gasteiger partial charge in [-0.05, 0) is 0 Å². The van der Waals surface area contributed by atoms with Crippen molar-refractivity contribution in [2.45, 2.75) is 14.9 Å². The molecule has 10 heteroatoms. The molecule has 3 aromatic rings. The molecule has 3 heterocycles. The maximum Gasteiger partial charge on any atom is 0.279 e. The molecule has 0 bridgehead atoms. The average molecular weight is 299 g/mol. The van der Waals surface area contributed by atoms with E-state index in [1.807, 2.05) is 0 Å². The van der Waals surface area contributed by atoms with Crippen LogP contribution in [-0.4, -0.2) is 30.9 Å². The standard InChI is InChI=1S/C5H4O3.C3H3NO2.CH2N4.2CH4/c6-4-1-2-8-3-5(4)7;5-3-1-2-6-4-3;1-2-4-5-3-1;;/h1-3,7H;1-2H,(H,4,5);1H,(H,2,3,4,5);2*1H4. The molecule has 0 spiro atoms. The van der Waals surface area contributed by atoms with Crippen molar-refractivity contribution in [2.24, 2.45) is 0 Å². The van der Waals surface area contributed by atoms with Gasteiger partial charge in [0.15, 0.2) is 12.1 Å². The molecule has 3 N–H and O–H groups in total. The Morgan fingerprint density at radius 3 is 2.14 bits per heavy atom. The van der Waals surface area contributed by atoms with Crippen LogP contribution in [0.25, 0.3) is 0 Å². The number of aromatic hydroxyl groups is 1. The molecule has 0 saturated carbocycles. The minimum Gasteiger partial charge on any atom is -0.502 e. The molecule has 0 atom stereocenters. The Hall–Kier alpha value is -3.17. The second-order valence-corrected chi connectivity index (χ2v) is 2.75. The minimum absolute atomic E-state index is 0. The number of H-pyrrole nitrogens is 2. The zero-order chi connectivity index (χ0) is 13.9. The monoisotopic (exact) mass is 299 g/mol. The Labute approximate surface area is 119 Å². The minimum atomic E-state index is -0.420. The van der Waals surface area contributed by atoms with Crippen LogP contribution < -0.4 is 11.0 Å². The van der Waals surface area contributed by atoms with Crippen molar-refractivity contribution in [1.82, 2.24) is 25.8 Å². The lowest BCUT2D eigenvalue weighted by molar-refractivity contribution is 0.413. The SMILES string of the molecule is C.C.O=c1cco[nH]1.O=c1ccocc1O.c1nn[nH]n1. The predicted octanol–water partition coefficient (Wildman–Crippen LogP) is 0.785. The van der Waals surface area contributed by atoms with E-state index in [1.54, 1.807) is 0 Å². The highest BCUT2D eigenvalue weighted by Crippen LogP contribution is 1.94. The van der Waals surface area contributed by atoms with Crippen molar-refractivity contribution in [1.29, 1.82) is 0 Å². The Morgan fingerprint density at radius 1 is 1.14 bits per heavy atom. The normalized spacial score (nSPS) is 7.81. The maximum absolute atomic E-state index is 10.3. The largest absolute Gasteiger partial charge is 0.502 e. The van der Waals surface area contributed by atoms with Crippen LogP contribution in [0.15, 0.2) is 55.8 Å². The van der Waals surface area contributed by atoms with E-state index >= 15 is 0 Å². The summed E-state index contributed by atoms with van der Waals surface area (Å²) in [7, 11) is 0. The Kier molecular flexibility index (Phi) is 11.4. The molecule has 10 nitrogen and oxygen atoms in total. The number of hydrogen-bond acceptors (Lipinski definition) is 8. The third-order valence-corrected chi connectivity index (χ3v) is 1.45. The molecule has 3 rings (SSSR count). The summed E-state index contributed by atoms with van der Waals surface area (Å²) in [6, 6.07) is 2.45. The molecule has 0 aliphatic carbocycles. The van der Waals surface area contributed by atoms with Gasteiger partial charge in [-0.3, -0.25) is 9.59 Å². The van der Waals surface area contributed by atoms with E-state index in [0.717, 1.165) is 12.3 Å². The molecule has 0 aliphatic rings. The van der Waals surface area contributed by atoms with E-state index in [1.165, 1.54) is 24.9 Å². The second-order valence-electron chi connectivity index (χ2n) is 2.75. The van der Waals surface area contributed by atoms with Gasteiger partial charge in [0.1, 0.15) is 12.5 Å². The van der Waals surface area contributed by atoms with E-state index < -0.39 is 5.43 Å². The highest BCUT2D eigenvalue weighted by atomic mass is 16.5. The van der Waals surface area contributed by atoms with Gasteiger partial charge in [-0.1, -0.05) is 20.1 Å². The zero-order valence-corrected chi connectivity index (χ0v) is 9.39. The van der Waals surface area contributed by atoms with Gasteiger partial charge in [-0.25, -0.2) is 0 Å². The van der Waals surface area contributed by atoms with Crippen LogP contribution in [0.4, 0.5) is 0 Å². The van der Waals surface area contributed by atoms with Crippen LogP contribution in [0.1, 0.15) is 14.9 Å². The predicted molar refractivity (Wildman–Crippen MR) is 73.6 cm³/mol. The van der Waals surface area contributed by atoms with Gasteiger partial charge in [-0.2, -0.15) is 10.4 Å². The lowest BCUT2D eigenvalue weighted by Gasteiger charge is -1.82. The fourth-order valence-corrected chi connectivity index (χ4v) is 0.699. The number of rotatable bonds is 0. The summed E-state index contributed by atoms with van der Waals surface area (Å²) in [6.07, 6.45) is 4.83. The first-order valence-electron chi connectivity index (χ1n) is 4.74. The maximum atomic E-state index is 10.3.